The van der Waals surface area contributed by atoms with E-state index in [0.29, 0.717) is 0 Å². The van der Waals surface area contributed by atoms with Gasteiger partial charge in [-0.05, 0) is 112 Å². The molecule has 0 amide bonds. The van der Waals surface area contributed by atoms with Crippen LogP contribution in [0.2, 0.25) is 0 Å². The van der Waals surface area contributed by atoms with Gasteiger partial charge in [-0.3, -0.25) is 0 Å². The number of benzene rings is 9. The van der Waals surface area contributed by atoms with E-state index >= 15 is 0 Å². The van der Waals surface area contributed by atoms with Gasteiger partial charge in [0, 0.05) is 27.8 Å². The van der Waals surface area contributed by atoms with Crippen molar-refractivity contribution in [3.63, 3.8) is 0 Å². The quantitative estimate of drug-likeness (QED) is 0.168. The molecular weight excluding hydrogens is 639 g/mol. The van der Waals surface area contributed by atoms with Crippen LogP contribution in [0.1, 0.15) is 49.9 Å². The molecule has 0 atom stereocenters. The van der Waals surface area contributed by atoms with E-state index in [1.807, 2.05) is 0 Å². The molecule has 0 saturated carbocycles. The van der Waals surface area contributed by atoms with Gasteiger partial charge in [0.05, 0.1) is 5.69 Å². The van der Waals surface area contributed by atoms with Gasteiger partial charge in [0.2, 0.25) is 0 Å². The maximum Gasteiger partial charge on any atom is 0.0549 e. The summed E-state index contributed by atoms with van der Waals surface area (Å²) in [7, 11) is 0. The second-order valence-electron chi connectivity index (χ2n) is 16.1. The molecule has 0 aromatic heterocycles. The molecule has 2 aliphatic carbocycles. The lowest BCUT2D eigenvalue weighted by atomic mass is 9.80. The van der Waals surface area contributed by atoms with Crippen LogP contribution in [0.15, 0.2) is 164 Å². The maximum absolute atomic E-state index is 2.56. The van der Waals surface area contributed by atoms with Crippen LogP contribution in [0, 0.1) is 0 Å². The number of hydrogen-bond donors (Lipinski definition) is 0. The standard InChI is InChI=1S/C52H39N/c1-51(2)45-23-13-11-21-41(45)42-28-26-34(31-47(42)51)53(33-25-27-40-38-19-8-7-17-36(38)37-18-9-10-20-39(37)44(40)30-33)48-29-32-15-5-6-16-35(32)50-49(48)43-22-12-14-24-46(43)52(50,3)4/h5-31H,1-4H3. The Morgan fingerprint density at radius 2 is 0.849 bits per heavy atom. The number of nitrogens with zero attached hydrogens (tertiary/aromatic N) is 1. The molecule has 0 radical (unpaired) electrons. The van der Waals surface area contributed by atoms with Gasteiger partial charge in [-0.2, -0.15) is 0 Å². The highest BCUT2D eigenvalue weighted by Gasteiger charge is 2.40. The molecule has 2 aliphatic rings. The zero-order valence-electron chi connectivity index (χ0n) is 30.5. The molecule has 1 nitrogen and oxygen atoms in total. The fourth-order valence-corrected chi connectivity index (χ4v) is 10.1. The topological polar surface area (TPSA) is 3.24 Å². The third-order valence-corrected chi connectivity index (χ3v) is 12.6. The van der Waals surface area contributed by atoms with Crippen molar-refractivity contribution in [2.24, 2.45) is 0 Å². The van der Waals surface area contributed by atoms with Crippen LogP contribution in [0.5, 0.6) is 0 Å². The summed E-state index contributed by atoms with van der Waals surface area (Å²) in [6.45, 7) is 9.57. The Kier molecular flexibility index (Phi) is 6.14. The summed E-state index contributed by atoms with van der Waals surface area (Å²) in [5.74, 6) is 0. The predicted molar refractivity (Wildman–Crippen MR) is 226 cm³/mol. The highest BCUT2D eigenvalue weighted by molar-refractivity contribution is 6.26. The van der Waals surface area contributed by atoms with Crippen molar-refractivity contribution in [1.29, 1.82) is 0 Å². The summed E-state index contributed by atoms with van der Waals surface area (Å²) in [6, 6.07) is 61.6. The first-order chi connectivity index (χ1) is 25.8. The first-order valence-electron chi connectivity index (χ1n) is 18.9. The first-order valence-corrected chi connectivity index (χ1v) is 18.9. The molecule has 9 aromatic rings. The van der Waals surface area contributed by atoms with Gasteiger partial charge in [0.25, 0.3) is 0 Å². The molecule has 0 aliphatic heterocycles. The zero-order valence-corrected chi connectivity index (χ0v) is 30.5. The Labute approximate surface area is 310 Å². The molecule has 0 saturated heterocycles. The first kappa shape index (κ1) is 30.4. The summed E-state index contributed by atoms with van der Waals surface area (Å²) in [5, 5.41) is 10.3. The largest absolute Gasteiger partial charge is 0.310 e. The van der Waals surface area contributed by atoms with Gasteiger partial charge in [-0.15, -0.1) is 0 Å². The minimum absolute atomic E-state index is 0.119. The van der Waals surface area contributed by atoms with Crippen molar-refractivity contribution < 1.29 is 0 Å². The summed E-state index contributed by atoms with van der Waals surface area (Å²) >= 11 is 0. The van der Waals surface area contributed by atoms with Crippen molar-refractivity contribution in [2.45, 2.75) is 38.5 Å². The lowest BCUT2D eigenvalue weighted by Crippen LogP contribution is -2.18. The van der Waals surface area contributed by atoms with Gasteiger partial charge < -0.3 is 4.90 Å². The highest BCUT2D eigenvalue weighted by Crippen LogP contribution is 2.58. The van der Waals surface area contributed by atoms with Crippen LogP contribution in [0.3, 0.4) is 0 Å². The van der Waals surface area contributed by atoms with Crippen LogP contribution >= 0.6 is 0 Å². The van der Waals surface area contributed by atoms with Crippen LogP contribution in [-0.2, 0) is 10.8 Å². The van der Waals surface area contributed by atoms with E-state index in [2.05, 4.69) is 196 Å². The predicted octanol–water partition coefficient (Wildman–Crippen LogP) is 14.4. The lowest BCUT2D eigenvalue weighted by Gasteiger charge is -2.31. The molecule has 0 unspecified atom stereocenters. The van der Waals surface area contributed by atoms with Crippen molar-refractivity contribution in [1.82, 2.24) is 0 Å². The van der Waals surface area contributed by atoms with Gasteiger partial charge in [0.15, 0.2) is 0 Å². The molecule has 11 rings (SSSR count). The zero-order chi connectivity index (χ0) is 35.6. The normalized spacial score (nSPS) is 14.7. The maximum atomic E-state index is 2.56. The second-order valence-corrected chi connectivity index (χ2v) is 16.1. The van der Waals surface area contributed by atoms with Gasteiger partial charge in [0.1, 0.15) is 0 Å². The fourth-order valence-electron chi connectivity index (χ4n) is 10.1. The number of hydrogen-bond acceptors (Lipinski definition) is 1. The highest BCUT2D eigenvalue weighted by atomic mass is 15.1. The average Bonchev–Trinajstić information content (AvgIpc) is 3.58. The molecule has 0 fully saturated rings. The van der Waals surface area contributed by atoms with E-state index in [4.69, 9.17) is 0 Å². The van der Waals surface area contributed by atoms with E-state index in [1.54, 1.807) is 0 Å². The van der Waals surface area contributed by atoms with Gasteiger partial charge >= 0.3 is 0 Å². The Hall–Kier alpha value is -6.18. The van der Waals surface area contributed by atoms with Crippen molar-refractivity contribution in [2.75, 3.05) is 4.90 Å². The average molecular weight is 678 g/mol. The molecule has 53 heavy (non-hydrogen) atoms. The molecule has 0 N–H and O–H groups in total. The van der Waals surface area contributed by atoms with E-state index in [-0.39, 0.29) is 10.8 Å². The Morgan fingerprint density at radius 3 is 1.55 bits per heavy atom. The second kappa shape index (κ2) is 10.7. The van der Waals surface area contributed by atoms with Gasteiger partial charge in [-0.25, -0.2) is 0 Å². The van der Waals surface area contributed by atoms with E-state index in [1.165, 1.54) is 99.0 Å². The summed E-state index contributed by atoms with van der Waals surface area (Å²) in [4.78, 5) is 2.56. The number of fused-ring (bicyclic) bond motifs is 14. The molecule has 252 valence electrons. The van der Waals surface area contributed by atoms with Crippen LogP contribution < -0.4 is 4.90 Å². The summed E-state index contributed by atoms with van der Waals surface area (Å²) in [6.07, 6.45) is 0. The molecule has 0 bridgehead atoms. The van der Waals surface area contributed by atoms with E-state index in [9.17, 15) is 0 Å². The summed E-state index contributed by atoms with van der Waals surface area (Å²) in [5.41, 5.74) is 14.2. The molecular formula is C52H39N. The summed E-state index contributed by atoms with van der Waals surface area (Å²) < 4.78 is 0. The Morgan fingerprint density at radius 1 is 0.358 bits per heavy atom. The van der Waals surface area contributed by atoms with Crippen molar-refractivity contribution in [3.8, 4) is 22.3 Å². The minimum Gasteiger partial charge on any atom is -0.310 e. The third kappa shape index (κ3) is 4.08. The lowest BCUT2D eigenvalue weighted by molar-refractivity contribution is 0.660. The van der Waals surface area contributed by atoms with E-state index in [0.717, 1.165) is 5.69 Å². The van der Waals surface area contributed by atoms with Crippen molar-refractivity contribution in [3.05, 3.63) is 186 Å². The van der Waals surface area contributed by atoms with Gasteiger partial charge in [-0.1, -0.05) is 161 Å². The number of rotatable bonds is 3. The van der Waals surface area contributed by atoms with Crippen LogP contribution in [0.4, 0.5) is 17.1 Å². The SMILES string of the molecule is CC1(C)c2ccccc2-c2ccc(N(c3ccc4c5ccccc5c5ccccc5c4c3)c3cc4ccccc4c4c3-c3ccccc3C4(C)C)cc21. The molecule has 1 heteroatoms. The van der Waals surface area contributed by atoms with E-state index < -0.39 is 0 Å². The molecule has 0 heterocycles. The van der Waals surface area contributed by atoms with Crippen LogP contribution in [-0.4, -0.2) is 0 Å². The Balaban J connectivity index is 1.26. The third-order valence-electron chi connectivity index (χ3n) is 12.6. The number of anilines is 3. The molecule has 9 aromatic carbocycles. The van der Waals surface area contributed by atoms with Crippen LogP contribution in [0.25, 0.3) is 65.3 Å². The monoisotopic (exact) mass is 677 g/mol. The minimum atomic E-state index is -0.159. The smallest absolute Gasteiger partial charge is 0.0549 e. The Bertz CT molecular complexity index is 2980. The fraction of sp³-hybridized carbons (Fsp3) is 0.115. The van der Waals surface area contributed by atoms with Crippen molar-refractivity contribution >= 4 is 60.2 Å². The molecule has 0 spiro atoms.